The number of fused-ring (bicyclic) bond motifs is 1. The van der Waals surface area contributed by atoms with Crippen molar-refractivity contribution in [3.8, 4) is 22.9 Å². The maximum absolute atomic E-state index is 13.4. The van der Waals surface area contributed by atoms with Crippen LogP contribution in [0.3, 0.4) is 0 Å². The minimum Gasteiger partial charge on any atom is -0.454 e. The Kier molecular flexibility index (Phi) is 5.21. The van der Waals surface area contributed by atoms with E-state index in [0.717, 1.165) is 27.8 Å². The summed E-state index contributed by atoms with van der Waals surface area (Å²) in [5.41, 5.74) is 6.10. The Labute approximate surface area is 208 Å². The first kappa shape index (κ1) is 21.9. The van der Waals surface area contributed by atoms with Gasteiger partial charge in [0.2, 0.25) is 12.6 Å². The number of carbonyl (C=O) groups is 1. The number of hydrogen-bond donors (Lipinski definition) is 1. The number of carbonyl (C=O) groups excluding carboxylic acids is 1. The van der Waals surface area contributed by atoms with E-state index in [1.165, 1.54) is 0 Å². The first-order chi connectivity index (χ1) is 17.5. The van der Waals surface area contributed by atoms with Gasteiger partial charge in [-0.15, -0.1) is 0 Å². The lowest BCUT2D eigenvalue weighted by molar-refractivity contribution is 0.174. The van der Waals surface area contributed by atoms with E-state index in [2.05, 4.69) is 10.5 Å². The van der Waals surface area contributed by atoms with Crippen molar-refractivity contribution in [1.82, 2.24) is 15.5 Å². The summed E-state index contributed by atoms with van der Waals surface area (Å²) in [6.45, 7) is 6.10. The van der Waals surface area contributed by atoms with E-state index >= 15 is 0 Å². The Hall–Kier alpha value is -4.59. The van der Waals surface area contributed by atoms with Crippen molar-refractivity contribution in [3.05, 3.63) is 95.0 Å². The van der Waals surface area contributed by atoms with Gasteiger partial charge in [0.25, 0.3) is 5.89 Å². The van der Waals surface area contributed by atoms with E-state index in [-0.39, 0.29) is 12.8 Å². The molecule has 0 radical (unpaired) electrons. The zero-order chi connectivity index (χ0) is 24.8. The third-order valence-electron chi connectivity index (χ3n) is 6.48. The Morgan fingerprint density at radius 2 is 1.58 bits per heavy atom. The van der Waals surface area contributed by atoms with Gasteiger partial charge in [0.15, 0.2) is 11.5 Å². The van der Waals surface area contributed by atoms with Crippen LogP contribution in [-0.4, -0.2) is 23.0 Å². The molecule has 0 fully saturated rings. The number of urea groups is 1. The lowest BCUT2D eigenvalue weighted by Gasteiger charge is -2.35. The maximum atomic E-state index is 13.4. The minimum atomic E-state index is -0.463. The highest BCUT2D eigenvalue weighted by Gasteiger charge is 2.37. The summed E-state index contributed by atoms with van der Waals surface area (Å²) in [5, 5.41) is 7.38. The van der Waals surface area contributed by atoms with E-state index in [0.29, 0.717) is 34.6 Å². The Bertz CT molecular complexity index is 1490. The van der Waals surface area contributed by atoms with Crippen LogP contribution in [-0.2, 0) is 0 Å². The molecule has 2 amide bonds. The summed E-state index contributed by atoms with van der Waals surface area (Å²) < 4.78 is 16.8. The van der Waals surface area contributed by atoms with Gasteiger partial charge in [0.05, 0.1) is 17.3 Å². The zero-order valence-electron chi connectivity index (χ0n) is 20.1. The first-order valence-electron chi connectivity index (χ1n) is 11.7. The number of aryl methyl sites for hydroxylation is 2. The molecule has 3 aromatic carbocycles. The summed E-state index contributed by atoms with van der Waals surface area (Å²) >= 11 is 0. The Morgan fingerprint density at radius 3 is 2.33 bits per heavy atom. The molecule has 6 rings (SSSR count). The van der Waals surface area contributed by atoms with Crippen molar-refractivity contribution in [2.75, 3.05) is 11.7 Å². The summed E-state index contributed by atoms with van der Waals surface area (Å²) in [4.78, 5) is 19.8. The van der Waals surface area contributed by atoms with Crippen LogP contribution < -0.4 is 19.7 Å². The average Bonchev–Trinajstić information content (AvgIpc) is 3.54. The maximum Gasteiger partial charge on any atom is 0.327 e. The fourth-order valence-corrected chi connectivity index (χ4v) is 4.52. The second-order valence-electron chi connectivity index (χ2n) is 8.95. The second kappa shape index (κ2) is 8.57. The molecule has 1 N–H and O–H groups in total. The average molecular weight is 481 g/mol. The van der Waals surface area contributed by atoms with E-state index < -0.39 is 6.04 Å². The number of aromatic nitrogens is 2. The molecule has 8 nitrogen and oxygen atoms in total. The summed E-state index contributed by atoms with van der Waals surface area (Å²) in [6, 6.07) is 20.7. The van der Waals surface area contributed by atoms with Crippen molar-refractivity contribution in [2.45, 2.75) is 26.8 Å². The smallest absolute Gasteiger partial charge is 0.327 e. The van der Waals surface area contributed by atoms with Gasteiger partial charge in [-0.3, -0.25) is 4.90 Å². The van der Waals surface area contributed by atoms with Gasteiger partial charge >= 0.3 is 6.03 Å². The molecule has 0 aliphatic carbocycles. The molecule has 2 aliphatic heterocycles. The lowest BCUT2D eigenvalue weighted by Crippen LogP contribution is -2.46. The van der Waals surface area contributed by atoms with Crippen LogP contribution >= 0.6 is 0 Å². The summed E-state index contributed by atoms with van der Waals surface area (Å²) in [6.07, 6.45) is 0. The number of allylic oxidation sites excluding steroid dienone is 1. The van der Waals surface area contributed by atoms with Crippen LogP contribution in [0.4, 0.5) is 10.5 Å². The SMILES string of the molecule is CC1=C(c2nc(-c3ccc(C)cc3)no2)C(c2ccc(C)cc2)NC(=O)N1c1ccc2c(c1)OCO2. The molecule has 4 aromatic rings. The minimum absolute atomic E-state index is 0.157. The van der Waals surface area contributed by atoms with Crippen LogP contribution in [0.1, 0.15) is 35.5 Å². The van der Waals surface area contributed by atoms with E-state index in [1.54, 1.807) is 17.0 Å². The van der Waals surface area contributed by atoms with Gasteiger partial charge < -0.3 is 19.3 Å². The van der Waals surface area contributed by atoms with Gasteiger partial charge in [-0.1, -0.05) is 64.8 Å². The van der Waals surface area contributed by atoms with Gasteiger partial charge in [-0.2, -0.15) is 4.98 Å². The number of amides is 2. The number of anilines is 1. The highest BCUT2D eigenvalue weighted by atomic mass is 16.7. The highest BCUT2D eigenvalue weighted by Crippen LogP contribution is 2.42. The van der Waals surface area contributed by atoms with E-state index in [4.69, 9.17) is 19.0 Å². The fraction of sp³-hybridized carbons (Fsp3) is 0.179. The van der Waals surface area contributed by atoms with Crippen molar-refractivity contribution in [3.63, 3.8) is 0 Å². The normalized spacial score (nSPS) is 16.9. The molecular weight excluding hydrogens is 456 g/mol. The van der Waals surface area contributed by atoms with Crippen LogP contribution in [0.2, 0.25) is 0 Å². The van der Waals surface area contributed by atoms with Gasteiger partial charge in [-0.05, 0) is 38.5 Å². The Balaban J connectivity index is 1.48. The number of benzene rings is 3. The molecule has 1 atom stereocenters. The number of rotatable bonds is 4. The quantitative estimate of drug-likeness (QED) is 0.398. The molecule has 1 aromatic heterocycles. The van der Waals surface area contributed by atoms with Crippen LogP contribution in [0.5, 0.6) is 11.5 Å². The van der Waals surface area contributed by atoms with E-state index in [1.807, 2.05) is 75.4 Å². The molecule has 1 unspecified atom stereocenters. The van der Waals surface area contributed by atoms with Crippen molar-refractivity contribution in [1.29, 1.82) is 0 Å². The Morgan fingerprint density at radius 1 is 0.889 bits per heavy atom. The van der Waals surface area contributed by atoms with Crippen molar-refractivity contribution < 1.29 is 18.8 Å². The largest absolute Gasteiger partial charge is 0.454 e. The molecule has 0 bridgehead atoms. The predicted molar refractivity (Wildman–Crippen MR) is 135 cm³/mol. The number of hydrogen-bond acceptors (Lipinski definition) is 6. The molecule has 0 spiro atoms. The number of nitrogens with one attached hydrogen (secondary N) is 1. The third-order valence-corrected chi connectivity index (χ3v) is 6.48. The number of ether oxygens (including phenoxy) is 2. The van der Waals surface area contributed by atoms with Crippen molar-refractivity contribution in [2.24, 2.45) is 0 Å². The molecule has 8 heteroatoms. The molecule has 0 saturated carbocycles. The van der Waals surface area contributed by atoms with Crippen molar-refractivity contribution >= 4 is 17.3 Å². The summed E-state index contributed by atoms with van der Waals surface area (Å²) in [7, 11) is 0. The second-order valence-corrected chi connectivity index (χ2v) is 8.95. The van der Waals surface area contributed by atoms with E-state index in [9.17, 15) is 4.79 Å². The molecule has 2 aliphatic rings. The lowest BCUT2D eigenvalue weighted by atomic mass is 9.94. The van der Waals surface area contributed by atoms with Gasteiger partial charge in [-0.25, -0.2) is 4.79 Å². The number of nitrogens with zero attached hydrogens (tertiary/aromatic N) is 3. The van der Waals surface area contributed by atoms with Crippen LogP contribution in [0.15, 0.2) is 77.0 Å². The monoisotopic (exact) mass is 480 g/mol. The molecular formula is C28H24N4O4. The van der Waals surface area contributed by atoms with Gasteiger partial charge in [0, 0.05) is 17.3 Å². The van der Waals surface area contributed by atoms with Gasteiger partial charge in [0.1, 0.15) is 0 Å². The summed E-state index contributed by atoms with van der Waals surface area (Å²) in [5.74, 6) is 2.07. The van der Waals surface area contributed by atoms with Crippen LogP contribution in [0, 0.1) is 13.8 Å². The molecule has 0 saturated heterocycles. The standard InChI is InChI=1S/C28H24N4O4/c1-16-4-8-19(9-5-16)25-24(27-30-26(31-36-27)20-10-6-17(2)7-11-20)18(3)32(28(33)29-25)21-12-13-22-23(14-21)35-15-34-22/h4-14,25H,15H2,1-3H3,(H,29,33). The fourth-order valence-electron chi connectivity index (χ4n) is 4.52. The zero-order valence-corrected chi connectivity index (χ0v) is 20.1. The molecule has 3 heterocycles. The molecule has 180 valence electrons. The van der Waals surface area contributed by atoms with Crippen LogP contribution in [0.25, 0.3) is 17.0 Å². The molecule has 36 heavy (non-hydrogen) atoms. The predicted octanol–water partition coefficient (Wildman–Crippen LogP) is 5.78. The first-order valence-corrected chi connectivity index (χ1v) is 11.7. The third kappa shape index (κ3) is 3.76. The topological polar surface area (TPSA) is 89.7 Å². The highest BCUT2D eigenvalue weighted by molar-refractivity contribution is 6.01.